The first-order chi connectivity index (χ1) is 11.7. The third-order valence-electron chi connectivity index (χ3n) is 4.61. The van der Waals surface area contributed by atoms with Gasteiger partial charge in [0.1, 0.15) is 0 Å². The van der Waals surface area contributed by atoms with E-state index in [1.54, 1.807) is 0 Å². The third-order valence-corrected chi connectivity index (χ3v) is 5.14. The Balaban J connectivity index is 2.05. The van der Waals surface area contributed by atoms with Gasteiger partial charge in [-0.2, -0.15) is 0 Å². The van der Waals surface area contributed by atoms with E-state index in [1.807, 2.05) is 12.3 Å². The number of hydrogen-bond acceptors (Lipinski definition) is 1. The number of pyridine rings is 1. The molecule has 0 atom stereocenters. The summed E-state index contributed by atoms with van der Waals surface area (Å²) in [7, 11) is 0. The maximum absolute atomic E-state index is 4.44. The Morgan fingerprint density at radius 2 is 1.96 bits per heavy atom. The van der Waals surface area contributed by atoms with Gasteiger partial charge < -0.3 is 0 Å². The summed E-state index contributed by atoms with van der Waals surface area (Å²) in [6.07, 6.45) is 1.85. The number of hydrogen-bond donors (Lipinski definition) is 0. The van der Waals surface area contributed by atoms with Crippen LogP contribution in [-0.2, 0) is 25.9 Å². The number of fused-ring (bicyclic) bond motifs is 2. The Kier molecular flexibility index (Phi) is 3.94. The predicted molar refractivity (Wildman–Crippen MR) is 98.2 cm³/mol. The van der Waals surface area contributed by atoms with Crippen molar-refractivity contribution in [2.45, 2.75) is 20.4 Å². The summed E-state index contributed by atoms with van der Waals surface area (Å²) in [6, 6.07) is 17.5. The van der Waals surface area contributed by atoms with Crippen molar-refractivity contribution in [1.82, 2.24) is 9.55 Å². The number of nitrogens with zero attached hydrogens (tertiary/aromatic N) is 2. The van der Waals surface area contributed by atoms with Gasteiger partial charge in [0.05, 0.1) is 0 Å². The summed E-state index contributed by atoms with van der Waals surface area (Å²) >= 11 is 1.51. The molecule has 4 rings (SSSR count). The molecule has 118 valence electrons. The van der Waals surface area contributed by atoms with E-state index in [0.717, 1.165) is 12.1 Å². The van der Waals surface area contributed by atoms with Crippen molar-refractivity contribution in [3.05, 3.63) is 65.9 Å². The second kappa shape index (κ2) is 6.11. The van der Waals surface area contributed by atoms with Gasteiger partial charge in [-0.05, 0) is 0 Å². The van der Waals surface area contributed by atoms with E-state index in [9.17, 15) is 0 Å². The molecule has 0 saturated heterocycles. The van der Waals surface area contributed by atoms with Gasteiger partial charge in [-0.3, -0.25) is 0 Å². The average molecular weight is 482 g/mol. The fourth-order valence-electron chi connectivity index (χ4n) is 3.49. The minimum atomic E-state index is 0.948. The van der Waals surface area contributed by atoms with Gasteiger partial charge in [-0.15, -0.1) is 0 Å². The summed E-state index contributed by atoms with van der Waals surface area (Å²) in [6.45, 7) is 5.34. The van der Waals surface area contributed by atoms with Crippen LogP contribution >= 0.6 is 0 Å². The van der Waals surface area contributed by atoms with Gasteiger partial charge in [0.15, 0.2) is 0 Å². The quantitative estimate of drug-likeness (QED) is 0.410. The zero-order chi connectivity index (χ0) is 16.7. The first-order valence-electron chi connectivity index (χ1n) is 8.07. The summed E-state index contributed by atoms with van der Waals surface area (Å²) < 4.78 is 4.75. The van der Waals surface area contributed by atoms with Crippen molar-refractivity contribution >= 4 is 26.2 Å². The molecule has 0 bridgehead atoms. The predicted octanol–water partition coefficient (Wildman–Crippen LogP) is 4.82. The second-order valence-corrected chi connectivity index (χ2v) is 7.38. The fourth-order valence-corrected chi connectivity index (χ4v) is 4.03. The molecule has 0 spiro atoms. The van der Waals surface area contributed by atoms with E-state index in [-0.39, 0.29) is 0 Å². The standard InChI is InChI=1S/C21H18N2.W/c1-4-23-20-12-14(2)7-9-18(20)15(3)21(23)17-8-10-19-16(13-17)6-5-11-22-19;/h1,5-13H,4H2,2-3H3;. The zero-order valence-corrected chi connectivity index (χ0v) is 16.7. The van der Waals surface area contributed by atoms with Crippen LogP contribution in [0, 0.1) is 13.8 Å². The molecule has 2 aromatic heterocycles. The molecule has 0 fully saturated rings. The molecule has 24 heavy (non-hydrogen) atoms. The van der Waals surface area contributed by atoms with E-state index in [2.05, 4.69) is 70.3 Å². The monoisotopic (exact) mass is 482 g/mol. The molecule has 0 saturated carbocycles. The molecule has 0 aliphatic carbocycles. The fraction of sp³-hybridized carbons (Fsp3) is 0.143. The number of rotatable bonds is 3. The van der Waals surface area contributed by atoms with E-state index in [0.29, 0.717) is 0 Å². The molecule has 0 aliphatic heterocycles. The van der Waals surface area contributed by atoms with Crippen molar-refractivity contribution in [3.8, 4) is 11.3 Å². The Morgan fingerprint density at radius 3 is 2.79 bits per heavy atom. The maximum atomic E-state index is 4.44. The molecular formula is C21H18N2W. The van der Waals surface area contributed by atoms with Gasteiger partial charge in [-0.25, -0.2) is 0 Å². The van der Waals surface area contributed by atoms with Crippen molar-refractivity contribution in [2.75, 3.05) is 0 Å². The first-order valence-corrected chi connectivity index (χ1v) is 9.76. The summed E-state index contributed by atoms with van der Waals surface area (Å²) in [5.41, 5.74) is 7.61. The first kappa shape index (κ1) is 15.5. The van der Waals surface area contributed by atoms with Crippen molar-refractivity contribution in [3.63, 3.8) is 0 Å². The van der Waals surface area contributed by atoms with Gasteiger partial charge >= 0.3 is 153 Å². The molecular weight excluding hydrogens is 464 g/mol. The average Bonchev–Trinajstić information content (AvgIpc) is 2.86. The van der Waals surface area contributed by atoms with Crippen LogP contribution < -0.4 is 0 Å². The molecule has 3 heteroatoms. The van der Waals surface area contributed by atoms with E-state index in [1.165, 1.54) is 58.0 Å². The van der Waals surface area contributed by atoms with Crippen molar-refractivity contribution in [2.24, 2.45) is 0 Å². The molecule has 0 radical (unpaired) electrons. The molecule has 2 heterocycles. The van der Waals surface area contributed by atoms with E-state index in [4.69, 9.17) is 0 Å². The molecule has 0 amide bonds. The van der Waals surface area contributed by atoms with E-state index >= 15 is 0 Å². The summed E-state index contributed by atoms with van der Waals surface area (Å²) in [4.78, 5) is 4.44. The van der Waals surface area contributed by atoms with Crippen LogP contribution in [0.5, 0.6) is 0 Å². The minimum absolute atomic E-state index is 0.948. The van der Waals surface area contributed by atoms with Crippen LogP contribution in [0.1, 0.15) is 11.1 Å². The van der Waals surface area contributed by atoms with Gasteiger partial charge in [0.25, 0.3) is 0 Å². The molecule has 0 unspecified atom stereocenters. The second-order valence-electron chi connectivity index (χ2n) is 6.18. The zero-order valence-electron chi connectivity index (χ0n) is 13.8. The van der Waals surface area contributed by atoms with Crippen LogP contribution in [0.2, 0.25) is 0 Å². The van der Waals surface area contributed by atoms with Crippen LogP contribution in [0.15, 0.2) is 54.7 Å². The number of aryl methyl sites for hydroxylation is 2. The van der Waals surface area contributed by atoms with Crippen molar-refractivity contribution < 1.29 is 19.4 Å². The Hall–Kier alpha value is -2.05. The molecule has 0 N–H and O–H groups in total. The van der Waals surface area contributed by atoms with Gasteiger partial charge in [0, 0.05) is 0 Å². The normalized spacial score (nSPS) is 11.2. The van der Waals surface area contributed by atoms with Crippen LogP contribution in [-0.4, -0.2) is 14.0 Å². The van der Waals surface area contributed by atoms with Gasteiger partial charge in [-0.1, -0.05) is 0 Å². The van der Waals surface area contributed by atoms with Crippen molar-refractivity contribution in [1.29, 1.82) is 0 Å². The molecule has 2 aromatic carbocycles. The topological polar surface area (TPSA) is 17.8 Å². The Morgan fingerprint density at radius 1 is 1.08 bits per heavy atom. The summed E-state index contributed by atoms with van der Waals surface area (Å²) in [5.74, 6) is 0. The number of aromatic nitrogens is 2. The molecule has 2 nitrogen and oxygen atoms in total. The number of benzene rings is 2. The van der Waals surface area contributed by atoms with E-state index < -0.39 is 0 Å². The molecule has 4 aromatic rings. The third kappa shape index (κ3) is 2.46. The van der Waals surface area contributed by atoms with Crippen LogP contribution in [0.25, 0.3) is 33.1 Å². The van der Waals surface area contributed by atoms with Gasteiger partial charge in [0.2, 0.25) is 0 Å². The Labute approximate surface area is 152 Å². The molecule has 0 aliphatic rings. The Bertz CT molecular complexity index is 1080. The van der Waals surface area contributed by atoms with Crippen LogP contribution in [0.4, 0.5) is 0 Å². The summed E-state index contributed by atoms with van der Waals surface area (Å²) in [5, 5.41) is 2.53. The van der Waals surface area contributed by atoms with Crippen LogP contribution in [0.3, 0.4) is 0 Å². The SMILES string of the molecule is Cc1ccc2c(C)c(-c3ccc4ncccc4c3)n(C[CH]=[W])c2c1.